The SMILES string of the molecule is CC1NC(C2CCC(CNC3CCNC(Cl)N3)CC2)NO1. The van der Waals surface area contributed by atoms with Gasteiger partial charge in [0.25, 0.3) is 0 Å². The molecule has 7 heteroatoms. The third-order valence-corrected chi connectivity index (χ3v) is 5.19. The zero-order valence-electron chi connectivity index (χ0n) is 12.7. The highest BCUT2D eigenvalue weighted by Crippen LogP contribution is 2.31. The van der Waals surface area contributed by atoms with Crippen LogP contribution in [-0.4, -0.2) is 37.3 Å². The van der Waals surface area contributed by atoms with Crippen molar-refractivity contribution < 1.29 is 4.84 Å². The summed E-state index contributed by atoms with van der Waals surface area (Å²) < 4.78 is 0. The predicted molar refractivity (Wildman–Crippen MR) is 83.2 cm³/mol. The van der Waals surface area contributed by atoms with E-state index in [4.69, 9.17) is 16.4 Å². The fourth-order valence-electron chi connectivity index (χ4n) is 3.60. The van der Waals surface area contributed by atoms with E-state index in [0.29, 0.717) is 18.2 Å². The summed E-state index contributed by atoms with van der Waals surface area (Å²) in [4.78, 5) is 5.38. The molecule has 0 radical (unpaired) electrons. The van der Waals surface area contributed by atoms with Crippen LogP contribution in [0.1, 0.15) is 39.0 Å². The molecule has 1 saturated carbocycles. The molecule has 3 aliphatic rings. The van der Waals surface area contributed by atoms with Crippen LogP contribution in [0.25, 0.3) is 0 Å². The van der Waals surface area contributed by atoms with Crippen LogP contribution in [0.3, 0.4) is 0 Å². The number of halogens is 1. The van der Waals surface area contributed by atoms with Gasteiger partial charge in [-0.05, 0) is 57.4 Å². The monoisotopic (exact) mass is 317 g/mol. The minimum Gasteiger partial charge on any atom is -0.302 e. The van der Waals surface area contributed by atoms with Crippen molar-refractivity contribution in [3.05, 3.63) is 0 Å². The van der Waals surface area contributed by atoms with Crippen molar-refractivity contribution in [1.82, 2.24) is 26.7 Å². The van der Waals surface area contributed by atoms with Gasteiger partial charge in [0, 0.05) is 6.54 Å². The van der Waals surface area contributed by atoms with Crippen molar-refractivity contribution in [2.45, 2.75) is 63.2 Å². The Hall–Kier alpha value is 0.0500. The fourth-order valence-corrected chi connectivity index (χ4v) is 3.86. The second-order valence-corrected chi connectivity index (χ2v) is 6.97. The van der Waals surface area contributed by atoms with Gasteiger partial charge in [0.1, 0.15) is 11.9 Å². The highest BCUT2D eigenvalue weighted by atomic mass is 35.5. The number of hydrogen-bond acceptors (Lipinski definition) is 6. The number of nitrogens with one attached hydrogen (secondary N) is 5. The standard InChI is InChI=1S/C14H28ClN5O/c1-9-18-13(20-21-9)11-4-2-10(3-5-11)8-17-12-6-7-16-14(15)19-12/h9-14,16-20H,2-8H2,1H3. The highest BCUT2D eigenvalue weighted by molar-refractivity contribution is 6.20. The van der Waals surface area contributed by atoms with Crippen LogP contribution in [-0.2, 0) is 4.84 Å². The van der Waals surface area contributed by atoms with Crippen LogP contribution in [0.15, 0.2) is 0 Å². The second kappa shape index (κ2) is 7.55. The van der Waals surface area contributed by atoms with E-state index >= 15 is 0 Å². The van der Waals surface area contributed by atoms with Crippen molar-refractivity contribution in [3.63, 3.8) is 0 Å². The molecule has 0 amide bonds. The lowest BCUT2D eigenvalue weighted by Crippen LogP contribution is -2.57. The average Bonchev–Trinajstić information content (AvgIpc) is 2.92. The third kappa shape index (κ3) is 4.51. The Morgan fingerprint density at radius 3 is 2.62 bits per heavy atom. The van der Waals surface area contributed by atoms with Gasteiger partial charge in [-0.3, -0.25) is 20.8 Å². The fraction of sp³-hybridized carbons (Fsp3) is 1.00. The Balaban J connectivity index is 1.34. The van der Waals surface area contributed by atoms with Crippen LogP contribution in [0.2, 0.25) is 0 Å². The maximum Gasteiger partial charge on any atom is 0.136 e. The van der Waals surface area contributed by atoms with Crippen LogP contribution >= 0.6 is 11.6 Å². The lowest BCUT2D eigenvalue weighted by molar-refractivity contribution is 0.0251. The summed E-state index contributed by atoms with van der Waals surface area (Å²) in [5.41, 5.74) is 3.02. The Morgan fingerprint density at radius 2 is 1.95 bits per heavy atom. The van der Waals surface area contributed by atoms with Crippen LogP contribution in [0.5, 0.6) is 0 Å². The molecule has 0 aromatic heterocycles. The van der Waals surface area contributed by atoms with E-state index < -0.39 is 0 Å². The summed E-state index contributed by atoms with van der Waals surface area (Å²) in [6.45, 7) is 4.11. The van der Waals surface area contributed by atoms with Gasteiger partial charge < -0.3 is 5.32 Å². The van der Waals surface area contributed by atoms with E-state index in [1.165, 1.54) is 25.7 Å². The van der Waals surface area contributed by atoms with Gasteiger partial charge in [0.05, 0.1) is 12.3 Å². The van der Waals surface area contributed by atoms with Crippen molar-refractivity contribution in [2.24, 2.45) is 11.8 Å². The number of hydroxylamine groups is 1. The summed E-state index contributed by atoms with van der Waals surface area (Å²) in [7, 11) is 0. The van der Waals surface area contributed by atoms with Gasteiger partial charge in [0.15, 0.2) is 0 Å². The van der Waals surface area contributed by atoms with Crippen molar-refractivity contribution in [1.29, 1.82) is 0 Å². The molecule has 0 aromatic carbocycles. The van der Waals surface area contributed by atoms with Crippen molar-refractivity contribution in [3.8, 4) is 0 Å². The van der Waals surface area contributed by atoms with Crippen molar-refractivity contribution in [2.75, 3.05) is 13.1 Å². The van der Waals surface area contributed by atoms with Crippen LogP contribution in [0, 0.1) is 11.8 Å². The van der Waals surface area contributed by atoms with E-state index in [0.717, 1.165) is 25.4 Å². The summed E-state index contributed by atoms with van der Waals surface area (Å²) in [6.07, 6.45) is 7.02. The molecular weight excluding hydrogens is 290 g/mol. The molecule has 0 bridgehead atoms. The molecule has 5 N–H and O–H groups in total. The first-order valence-electron chi connectivity index (χ1n) is 8.25. The second-order valence-electron chi connectivity index (χ2n) is 6.54. The molecule has 2 saturated heterocycles. The molecule has 3 rings (SSSR count). The topological polar surface area (TPSA) is 69.4 Å². The Labute approximate surface area is 132 Å². The zero-order chi connectivity index (χ0) is 14.7. The van der Waals surface area contributed by atoms with E-state index in [-0.39, 0.29) is 11.9 Å². The molecule has 21 heavy (non-hydrogen) atoms. The lowest BCUT2D eigenvalue weighted by atomic mass is 9.80. The van der Waals surface area contributed by atoms with Gasteiger partial charge in [-0.2, -0.15) is 5.48 Å². The van der Waals surface area contributed by atoms with Gasteiger partial charge in [-0.25, -0.2) is 0 Å². The van der Waals surface area contributed by atoms with E-state index in [9.17, 15) is 0 Å². The molecule has 2 heterocycles. The smallest absolute Gasteiger partial charge is 0.136 e. The maximum absolute atomic E-state index is 6.05. The van der Waals surface area contributed by atoms with Gasteiger partial charge >= 0.3 is 0 Å². The van der Waals surface area contributed by atoms with Gasteiger partial charge in [-0.1, -0.05) is 11.6 Å². The van der Waals surface area contributed by atoms with E-state index in [1.807, 2.05) is 6.92 Å². The molecule has 4 unspecified atom stereocenters. The molecule has 4 atom stereocenters. The van der Waals surface area contributed by atoms with Crippen molar-refractivity contribution >= 4 is 11.6 Å². The maximum atomic E-state index is 6.05. The largest absolute Gasteiger partial charge is 0.302 e. The average molecular weight is 318 g/mol. The molecular formula is C14H28ClN5O. The molecule has 3 fully saturated rings. The quantitative estimate of drug-likeness (QED) is 0.387. The minimum absolute atomic E-state index is 0.103. The minimum atomic E-state index is -0.103. The first-order chi connectivity index (χ1) is 10.2. The van der Waals surface area contributed by atoms with Gasteiger partial charge in [0.2, 0.25) is 0 Å². The Morgan fingerprint density at radius 1 is 1.14 bits per heavy atom. The number of hydrogen-bond donors (Lipinski definition) is 5. The van der Waals surface area contributed by atoms with Gasteiger partial charge in [-0.15, -0.1) is 0 Å². The Kier molecular flexibility index (Phi) is 5.72. The summed E-state index contributed by atoms with van der Waals surface area (Å²) >= 11 is 6.05. The van der Waals surface area contributed by atoms with Crippen LogP contribution in [0.4, 0.5) is 0 Å². The Bertz CT molecular complexity index is 326. The summed E-state index contributed by atoms with van der Waals surface area (Å²) in [5, 5.41) is 13.6. The molecule has 6 nitrogen and oxygen atoms in total. The first kappa shape index (κ1) is 15.9. The molecule has 122 valence electrons. The molecule has 1 aliphatic carbocycles. The predicted octanol–water partition coefficient (Wildman–Crippen LogP) is 0.610. The normalized spacial score (nSPS) is 44.9. The summed E-state index contributed by atoms with van der Waals surface area (Å²) in [6, 6.07) is 0. The third-order valence-electron chi connectivity index (χ3n) is 4.91. The lowest BCUT2D eigenvalue weighted by Gasteiger charge is -2.34. The zero-order valence-corrected chi connectivity index (χ0v) is 13.5. The van der Waals surface area contributed by atoms with E-state index in [1.54, 1.807) is 0 Å². The van der Waals surface area contributed by atoms with Crippen LogP contribution < -0.4 is 26.7 Å². The first-order valence-corrected chi connectivity index (χ1v) is 8.68. The molecule has 0 aromatic rings. The summed E-state index contributed by atoms with van der Waals surface area (Å²) in [5.74, 6) is 1.47. The molecule has 2 aliphatic heterocycles. The highest BCUT2D eigenvalue weighted by Gasteiger charge is 2.32. The molecule has 0 spiro atoms. The number of alkyl halides is 1. The van der Waals surface area contributed by atoms with E-state index in [2.05, 4.69) is 26.7 Å². The number of rotatable bonds is 4.